The monoisotopic (exact) mass is 296 g/mol. The Morgan fingerprint density at radius 3 is 2.59 bits per heavy atom. The highest BCUT2D eigenvalue weighted by Crippen LogP contribution is 2.24. The Balaban J connectivity index is 2.79. The Kier molecular flexibility index (Phi) is 5.69. The van der Waals surface area contributed by atoms with Crippen molar-refractivity contribution in [1.29, 1.82) is 0 Å². The molecule has 0 atom stereocenters. The lowest BCUT2D eigenvalue weighted by molar-refractivity contribution is 0.577. The van der Waals surface area contributed by atoms with Crippen LogP contribution in [-0.2, 0) is 10.0 Å². The fourth-order valence-electron chi connectivity index (χ4n) is 1.24. The number of unbranched alkanes of at least 4 members (excludes halogenated alkanes) is 1. The number of hydrogen-bond donors (Lipinski definition) is 2. The fourth-order valence-corrected chi connectivity index (χ4v) is 3.07. The standard InChI is InChI=1S/C10H14Cl2N2O2S/c11-8-3-4-9(12)10(7-8)17(15,16)14-6-2-1-5-13/h3-4,7,14H,1-2,5-6,13H2. The zero-order valence-electron chi connectivity index (χ0n) is 9.12. The molecule has 1 aromatic rings. The van der Waals surface area contributed by atoms with Crippen molar-refractivity contribution in [3.63, 3.8) is 0 Å². The minimum absolute atomic E-state index is 0.000542. The molecule has 0 aliphatic rings. The predicted molar refractivity (Wildman–Crippen MR) is 69.9 cm³/mol. The molecule has 0 unspecified atom stereocenters. The number of nitrogens with one attached hydrogen (secondary N) is 1. The number of halogens is 2. The van der Waals surface area contributed by atoms with Gasteiger partial charge in [0, 0.05) is 11.6 Å². The van der Waals surface area contributed by atoms with Gasteiger partial charge in [-0.25, -0.2) is 13.1 Å². The SMILES string of the molecule is NCCCCNS(=O)(=O)c1cc(Cl)ccc1Cl. The molecule has 0 aliphatic heterocycles. The van der Waals surface area contributed by atoms with E-state index in [2.05, 4.69) is 4.72 Å². The maximum atomic E-state index is 11.9. The number of rotatable bonds is 6. The van der Waals surface area contributed by atoms with Crippen LogP contribution in [0.2, 0.25) is 10.0 Å². The van der Waals surface area contributed by atoms with Crippen LogP contribution < -0.4 is 10.5 Å². The van der Waals surface area contributed by atoms with Gasteiger partial charge < -0.3 is 5.73 Å². The maximum Gasteiger partial charge on any atom is 0.242 e. The molecule has 0 heterocycles. The van der Waals surface area contributed by atoms with Crippen molar-refractivity contribution in [2.75, 3.05) is 13.1 Å². The van der Waals surface area contributed by atoms with Gasteiger partial charge in [-0.15, -0.1) is 0 Å². The average Bonchev–Trinajstić information content (AvgIpc) is 2.28. The van der Waals surface area contributed by atoms with Crippen LogP contribution >= 0.6 is 23.2 Å². The molecule has 0 fully saturated rings. The molecule has 0 amide bonds. The predicted octanol–water partition coefficient (Wildman–Crippen LogP) is 2.01. The van der Waals surface area contributed by atoms with Crippen molar-refractivity contribution in [2.24, 2.45) is 5.73 Å². The van der Waals surface area contributed by atoms with Crippen LogP contribution in [-0.4, -0.2) is 21.5 Å². The third-order valence-corrected chi connectivity index (χ3v) is 4.28. The number of benzene rings is 1. The molecule has 0 aliphatic carbocycles. The number of sulfonamides is 1. The summed E-state index contributed by atoms with van der Waals surface area (Å²) in [5, 5.41) is 0.484. The van der Waals surface area contributed by atoms with Gasteiger partial charge in [0.15, 0.2) is 0 Å². The zero-order chi connectivity index (χ0) is 12.9. The van der Waals surface area contributed by atoms with Crippen LogP contribution in [0, 0.1) is 0 Å². The van der Waals surface area contributed by atoms with Crippen molar-refractivity contribution in [3.05, 3.63) is 28.2 Å². The van der Waals surface area contributed by atoms with Gasteiger partial charge in [-0.2, -0.15) is 0 Å². The Morgan fingerprint density at radius 2 is 1.94 bits per heavy atom. The molecular weight excluding hydrogens is 283 g/mol. The molecule has 0 aromatic heterocycles. The largest absolute Gasteiger partial charge is 0.330 e. The summed E-state index contributed by atoms with van der Waals surface area (Å²) in [4.78, 5) is -0.000542. The first-order valence-corrected chi connectivity index (χ1v) is 7.36. The molecule has 3 N–H and O–H groups in total. The second-order valence-electron chi connectivity index (χ2n) is 3.47. The minimum atomic E-state index is -3.60. The van der Waals surface area contributed by atoms with E-state index >= 15 is 0 Å². The van der Waals surface area contributed by atoms with E-state index in [1.54, 1.807) is 0 Å². The Morgan fingerprint density at radius 1 is 1.24 bits per heavy atom. The van der Waals surface area contributed by atoms with Crippen LogP contribution in [0.5, 0.6) is 0 Å². The first kappa shape index (κ1) is 14.7. The molecule has 7 heteroatoms. The number of hydrogen-bond acceptors (Lipinski definition) is 3. The maximum absolute atomic E-state index is 11.9. The first-order chi connectivity index (χ1) is 7.97. The van der Waals surface area contributed by atoms with Crippen molar-refractivity contribution in [2.45, 2.75) is 17.7 Å². The molecule has 1 rings (SSSR count). The Labute approximate surface area is 111 Å². The van der Waals surface area contributed by atoms with Crippen LogP contribution in [0.3, 0.4) is 0 Å². The smallest absolute Gasteiger partial charge is 0.242 e. The van der Waals surface area contributed by atoms with Crippen molar-refractivity contribution in [1.82, 2.24) is 4.72 Å². The molecule has 0 saturated heterocycles. The molecule has 0 saturated carbocycles. The van der Waals surface area contributed by atoms with Gasteiger partial charge in [-0.3, -0.25) is 0 Å². The van der Waals surface area contributed by atoms with Gasteiger partial charge in [-0.1, -0.05) is 23.2 Å². The van der Waals surface area contributed by atoms with Crippen molar-refractivity contribution >= 4 is 33.2 Å². The second-order valence-corrected chi connectivity index (χ2v) is 6.05. The van der Waals surface area contributed by atoms with Gasteiger partial charge in [0.25, 0.3) is 0 Å². The van der Waals surface area contributed by atoms with Crippen LogP contribution in [0.1, 0.15) is 12.8 Å². The van der Waals surface area contributed by atoms with E-state index in [-0.39, 0.29) is 9.92 Å². The lowest BCUT2D eigenvalue weighted by atomic mass is 10.3. The summed E-state index contributed by atoms with van der Waals surface area (Å²) in [6, 6.07) is 4.32. The van der Waals surface area contributed by atoms with Crippen molar-refractivity contribution < 1.29 is 8.42 Å². The topological polar surface area (TPSA) is 72.2 Å². The summed E-state index contributed by atoms with van der Waals surface area (Å²) in [6.07, 6.45) is 1.46. The van der Waals surface area contributed by atoms with Crippen LogP contribution in [0.4, 0.5) is 0 Å². The minimum Gasteiger partial charge on any atom is -0.330 e. The average molecular weight is 297 g/mol. The lowest BCUT2D eigenvalue weighted by Gasteiger charge is -2.08. The summed E-state index contributed by atoms with van der Waals surface area (Å²) in [5.74, 6) is 0. The highest BCUT2D eigenvalue weighted by molar-refractivity contribution is 7.89. The second kappa shape index (κ2) is 6.56. The normalized spacial score (nSPS) is 11.7. The third-order valence-electron chi connectivity index (χ3n) is 2.11. The van der Waals surface area contributed by atoms with E-state index in [1.807, 2.05) is 0 Å². The third kappa shape index (κ3) is 4.44. The quantitative estimate of drug-likeness (QED) is 0.789. The van der Waals surface area contributed by atoms with Gasteiger partial charge in [0.05, 0.1) is 5.02 Å². The molecular formula is C10H14Cl2N2O2S. The summed E-state index contributed by atoms with van der Waals surface area (Å²) in [6.45, 7) is 0.877. The van der Waals surface area contributed by atoms with E-state index in [1.165, 1.54) is 18.2 Å². The Hall–Kier alpha value is -0.330. The highest BCUT2D eigenvalue weighted by atomic mass is 35.5. The van der Waals surface area contributed by atoms with Crippen molar-refractivity contribution in [3.8, 4) is 0 Å². The molecule has 96 valence electrons. The van der Waals surface area contributed by atoms with Crippen LogP contribution in [0.15, 0.2) is 23.1 Å². The lowest BCUT2D eigenvalue weighted by Crippen LogP contribution is -2.25. The Bertz CT molecular complexity index is 477. The van der Waals surface area contributed by atoms with E-state index in [4.69, 9.17) is 28.9 Å². The summed E-state index contributed by atoms with van der Waals surface area (Å²) >= 11 is 11.6. The molecule has 0 radical (unpaired) electrons. The van der Waals surface area contributed by atoms with Gasteiger partial charge >= 0.3 is 0 Å². The molecule has 17 heavy (non-hydrogen) atoms. The van der Waals surface area contributed by atoms with E-state index < -0.39 is 10.0 Å². The first-order valence-electron chi connectivity index (χ1n) is 5.12. The van der Waals surface area contributed by atoms with E-state index in [0.717, 1.165) is 6.42 Å². The van der Waals surface area contributed by atoms with Gasteiger partial charge in [-0.05, 0) is 37.6 Å². The van der Waals surface area contributed by atoms with E-state index in [0.29, 0.717) is 24.5 Å². The molecule has 1 aromatic carbocycles. The number of nitrogens with two attached hydrogens (primary N) is 1. The summed E-state index contributed by atoms with van der Waals surface area (Å²) < 4.78 is 26.2. The van der Waals surface area contributed by atoms with Gasteiger partial charge in [0.2, 0.25) is 10.0 Å². The van der Waals surface area contributed by atoms with Crippen LogP contribution in [0.25, 0.3) is 0 Å². The summed E-state index contributed by atoms with van der Waals surface area (Å²) in [7, 11) is -3.60. The molecule has 0 bridgehead atoms. The molecule has 0 spiro atoms. The molecule has 4 nitrogen and oxygen atoms in total. The van der Waals surface area contributed by atoms with E-state index in [9.17, 15) is 8.42 Å². The summed E-state index contributed by atoms with van der Waals surface area (Å²) in [5.41, 5.74) is 5.32. The van der Waals surface area contributed by atoms with Gasteiger partial charge in [0.1, 0.15) is 4.90 Å². The fraction of sp³-hybridized carbons (Fsp3) is 0.400. The zero-order valence-corrected chi connectivity index (χ0v) is 11.4. The highest BCUT2D eigenvalue weighted by Gasteiger charge is 2.17.